The van der Waals surface area contributed by atoms with Crippen LogP contribution in [0.3, 0.4) is 0 Å². The van der Waals surface area contributed by atoms with Gasteiger partial charge in [0.1, 0.15) is 0 Å². The van der Waals surface area contributed by atoms with Gasteiger partial charge in [0.15, 0.2) is 0 Å². The van der Waals surface area contributed by atoms with Crippen molar-refractivity contribution < 1.29 is 0 Å². The van der Waals surface area contributed by atoms with Crippen LogP contribution >= 0.6 is 11.6 Å². The van der Waals surface area contributed by atoms with Crippen molar-refractivity contribution in [3.05, 3.63) is 28.8 Å². The minimum atomic E-state index is 0.613. The van der Waals surface area contributed by atoms with E-state index in [-0.39, 0.29) is 0 Å². The summed E-state index contributed by atoms with van der Waals surface area (Å²) in [5, 5.41) is 0.842. The third kappa shape index (κ3) is 2.18. The molecule has 0 amide bonds. The molecule has 2 rings (SSSR count). The molecular formula is C13H19ClN2. The molecule has 3 heteroatoms. The number of hydrogen-bond acceptors (Lipinski definition) is 2. The SMILES string of the molecule is CCN1c2ccc(Cl)cc2CC1CCCN. The second-order valence-electron chi connectivity index (χ2n) is 4.35. The zero-order valence-electron chi connectivity index (χ0n) is 9.75. The number of nitrogens with two attached hydrogens (primary N) is 1. The summed E-state index contributed by atoms with van der Waals surface area (Å²) in [6.45, 7) is 4.05. The van der Waals surface area contributed by atoms with E-state index < -0.39 is 0 Å². The fourth-order valence-corrected chi connectivity index (χ4v) is 2.79. The van der Waals surface area contributed by atoms with Gasteiger partial charge < -0.3 is 10.6 Å². The van der Waals surface area contributed by atoms with E-state index in [0.717, 1.165) is 31.0 Å². The maximum atomic E-state index is 6.03. The van der Waals surface area contributed by atoms with Crippen molar-refractivity contribution in [1.82, 2.24) is 0 Å². The van der Waals surface area contributed by atoms with Crippen molar-refractivity contribution >= 4 is 17.3 Å². The summed E-state index contributed by atoms with van der Waals surface area (Å²) >= 11 is 6.03. The molecule has 1 heterocycles. The summed E-state index contributed by atoms with van der Waals surface area (Å²) in [6, 6.07) is 6.84. The highest BCUT2D eigenvalue weighted by Crippen LogP contribution is 2.35. The molecule has 1 unspecified atom stereocenters. The smallest absolute Gasteiger partial charge is 0.0410 e. The third-order valence-corrected chi connectivity index (χ3v) is 3.56. The molecule has 88 valence electrons. The molecule has 1 aliphatic rings. The molecule has 1 aromatic rings. The number of rotatable bonds is 4. The summed E-state index contributed by atoms with van der Waals surface area (Å²) in [7, 11) is 0. The Bertz CT molecular complexity index is 365. The highest BCUT2D eigenvalue weighted by atomic mass is 35.5. The van der Waals surface area contributed by atoms with Gasteiger partial charge in [-0.15, -0.1) is 0 Å². The maximum Gasteiger partial charge on any atom is 0.0410 e. The van der Waals surface area contributed by atoms with Crippen LogP contribution in [0.4, 0.5) is 5.69 Å². The van der Waals surface area contributed by atoms with Crippen molar-refractivity contribution in [3.63, 3.8) is 0 Å². The highest BCUT2D eigenvalue weighted by Gasteiger charge is 2.27. The van der Waals surface area contributed by atoms with Crippen molar-refractivity contribution in [2.75, 3.05) is 18.0 Å². The Morgan fingerprint density at radius 3 is 3.00 bits per heavy atom. The topological polar surface area (TPSA) is 29.3 Å². The van der Waals surface area contributed by atoms with Crippen molar-refractivity contribution in [2.24, 2.45) is 5.73 Å². The van der Waals surface area contributed by atoms with Crippen LogP contribution in [-0.2, 0) is 6.42 Å². The second kappa shape index (κ2) is 5.07. The molecule has 0 saturated carbocycles. The standard InChI is InChI=1S/C13H19ClN2/c1-2-16-12(4-3-7-15)9-10-8-11(14)5-6-13(10)16/h5-6,8,12H,2-4,7,9,15H2,1H3. The lowest BCUT2D eigenvalue weighted by Crippen LogP contribution is -2.32. The molecule has 0 radical (unpaired) electrons. The van der Waals surface area contributed by atoms with Crippen LogP contribution in [0, 0.1) is 0 Å². The Morgan fingerprint density at radius 1 is 1.50 bits per heavy atom. The molecule has 0 aliphatic carbocycles. The lowest BCUT2D eigenvalue weighted by molar-refractivity contribution is 0.565. The molecule has 0 aromatic heterocycles. The Morgan fingerprint density at radius 2 is 2.31 bits per heavy atom. The molecular weight excluding hydrogens is 220 g/mol. The van der Waals surface area contributed by atoms with Gasteiger partial charge >= 0.3 is 0 Å². The lowest BCUT2D eigenvalue weighted by atomic mass is 10.1. The van der Waals surface area contributed by atoms with Gasteiger partial charge in [-0.1, -0.05) is 11.6 Å². The van der Waals surface area contributed by atoms with E-state index in [1.165, 1.54) is 17.7 Å². The number of fused-ring (bicyclic) bond motifs is 1. The van der Waals surface area contributed by atoms with E-state index in [1.807, 2.05) is 6.07 Å². The number of hydrogen-bond donors (Lipinski definition) is 1. The third-order valence-electron chi connectivity index (χ3n) is 3.33. The Hall–Kier alpha value is -0.730. The van der Waals surface area contributed by atoms with Crippen LogP contribution in [0.25, 0.3) is 0 Å². The normalized spacial score (nSPS) is 18.9. The molecule has 2 nitrogen and oxygen atoms in total. The summed E-state index contributed by atoms with van der Waals surface area (Å²) < 4.78 is 0. The first-order valence-corrected chi connectivity index (χ1v) is 6.39. The van der Waals surface area contributed by atoms with E-state index in [4.69, 9.17) is 17.3 Å². The van der Waals surface area contributed by atoms with Gasteiger partial charge in [0.2, 0.25) is 0 Å². The largest absolute Gasteiger partial charge is 0.368 e. The molecule has 1 aromatic carbocycles. The summed E-state index contributed by atoms with van der Waals surface area (Å²) in [4.78, 5) is 2.47. The summed E-state index contributed by atoms with van der Waals surface area (Å²) in [5.74, 6) is 0. The molecule has 1 atom stereocenters. The molecule has 2 N–H and O–H groups in total. The van der Waals surface area contributed by atoms with E-state index in [0.29, 0.717) is 6.04 Å². The molecule has 0 saturated heterocycles. The fourth-order valence-electron chi connectivity index (χ4n) is 2.60. The minimum Gasteiger partial charge on any atom is -0.368 e. The molecule has 16 heavy (non-hydrogen) atoms. The first-order valence-electron chi connectivity index (χ1n) is 6.01. The molecule has 0 bridgehead atoms. The van der Waals surface area contributed by atoms with Crippen molar-refractivity contribution in [2.45, 2.75) is 32.2 Å². The maximum absolute atomic E-state index is 6.03. The van der Waals surface area contributed by atoms with Crippen molar-refractivity contribution in [1.29, 1.82) is 0 Å². The molecule has 0 spiro atoms. The van der Waals surface area contributed by atoms with E-state index in [9.17, 15) is 0 Å². The van der Waals surface area contributed by atoms with Crippen LogP contribution in [-0.4, -0.2) is 19.1 Å². The number of halogens is 1. The van der Waals surface area contributed by atoms with Gasteiger partial charge in [0.05, 0.1) is 0 Å². The highest BCUT2D eigenvalue weighted by molar-refractivity contribution is 6.30. The first kappa shape index (κ1) is 11.7. The zero-order valence-corrected chi connectivity index (χ0v) is 10.5. The summed E-state index contributed by atoms with van der Waals surface area (Å²) in [5.41, 5.74) is 8.32. The number of nitrogens with zero attached hydrogens (tertiary/aromatic N) is 1. The predicted octanol–water partition coefficient (Wildman–Crippen LogP) is 2.83. The number of likely N-dealkylation sites (N-methyl/N-ethyl adjacent to an activating group) is 1. The molecule has 0 fully saturated rings. The van der Waals surface area contributed by atoms with Gasteiger partial charge in [0, 0.05) is 23.3 Å². The van der Waals surface area contributed by atoms with Crippen LogP contribution in [0.15, 0.2) is 18.2 Å². The van der Waals surface area contributed by atoms with Crippen LogP contribution in [0.2, 0.25) is 5.02 Å². The number of benzene rings is 1. The van der Waals surface area contributed by atoms with Gasteiger partial charge in [-0.3, -0.25) is 0 Å². The lowest BCUT2D eigenvalue weighted by Gasteiger charge is -2.26. The van der Waals surface area contributed by atoms with Gasteiger partial charge in [0.25, 0.3) is 0 Å². The monoisotopic (exact) mass is 238 g/mol. The Labute approximate surface area is 102 Å². The van der Waals surface area contributed by atoms with Crippen LogP contribution < -0.4 is 10.6 Å². The van der Waals surface area contributed by atoms with E-state index in [2.05, 4.69) is 24.0 Å². The Balaban J connectivity index is 2.18. The molecule has 1 aliphatic heterocycles. The number of anilines is 1. The van der Waals surface area contributed by atoms with Gasteiger partial charge in [-0.05, 0) is 56.5 Å². The predicted molar refractivity (Wildman–Crippen MR) is 70.3 cm³/mol. The average Bonchev–Trinajstić information content (AvgIpc) is 2.62. The van der Waals surface area contributed by atoms with E-state index >= 15 is 0 Å². The second-order valence-corrected chi connectivity index (χ2v) is 4.78. The average molecular weight is 239 g/mol. The quantitative estimate of drug-likeness (QED) is 0.874. The minimum absolute atomic E-state index is 0.613. The zero-order chi connectivity index (χ0) is 11.5. The van der Waals surface area contributed by atoms with Crippen molar-refractivity contribution in [3.8, 4) is 0 Å². The fraction of sp³-hybridized carbons (Fsp3) is 0.538. The Kier molecular flexibility index (Phi) is 3.72. The van der Waals surface area contributed by atoms with Crippen LogP contribution in [0.1, 0.15) is 25.3 Å². The summed E-state index contributed by atoms with van der Waals surface area (Å²) in [6.07, 6.45) is 3.39. The van der Waals surface area contributed by atoms with Gasteiger partial charge in [-0.2, -0.15) is 0 Å². The first-order chi connectivity index (χ1) is 7.76. The van der Waals surface area contributed by atoms with Gasteiger partial charge in [-0.25, -0.2) is 0 Å². The van der Waals surface area contributed by atoms with Crippen LogP contribution in [0.5, 0.6) is 0 Å². The van der Waals surface area contributed by atoms with E-state index in [1.54, 1.807) is 0 Å².